The molecule has 1 aromatic heterocycles. The van der Waals surface area contributed by atoms with Crippen molar-refractivity contribution in [2.45, 2.75) is 26.9 Å². The van der Waals surface area contributed by atoms with Crippen molar-refractivity contribution in [3.05, 3.63) is 81.7 Å². The zero-order valence-corrected chi connectivity index (χ0v) is 18.1. The van der Waals surface area contributed by atoms with Gasteiger partial charge >= 0.3 is 5.97 Å². The normalized spacial score (nSPS) is 11.5. The lowest BCUT2D eigenvalue weighted by Crippen LogP contribution is -2.30. The highest BCUT2D eigenvalue weighted by atomic mass is 16.6. The lowest BCUT2D eigenvalue weighted by atomic mass is 10.2. The number of hydrogen-bond donors (Lipinski definition) is 1. The molecule has 0 bridgehead atoms. The van der Waals surface area contributed by atoms with Gasteiger partial charge in [-0.15, -0.1) is 0 Å². The third kappa shape index (κ3) is 4.61. The lowest BCUT2D eigenvalue weighted by Gasteiger charge is -2.15. The highest BCUT2D eigenvalue weighted by Gasteiger charge is 2.24. The summed E-state index contributed by atoms with van der Waals surface area (Å²) >= 11 is 0. The van der Waals surface area contributed by atoms with Gasteiger partial charge in [0.25, 0.3) is 11.6 Å². The van der Waals surface area contributed by atoms with Gasteiger partial charge in [-0.25, -0.2) is 4.79 Å². The number of amides is 1. The van der Waals surface area contributed by atoms with E-state index >= 15 is 0 Å². The first-order valence-electron chi connectivity index (χ1n) is 9.81. The van der Waals surface area contributed by atoms with Crippen molar-refractivity contribution in [2.75, 3.05) is 12.4 Å². The number of nitro groups is 1. The summed E-state index contributed by atoms with van der Waals surface area (Å²) in [5.41, 5.74) is 2.69. The number of ether oxygens (including phenoxy) is 2. The molecule has 0 saturated heterocycles. The summed E-state index contributed by atoms with van der Waals surface area (Å²) in [6.07, 6.45) is -1.15. The van der Waals surface area contributed by atoms with E-state index in [-0.39, 0.29) is 17.1 Å². The largest absolute Gasteiger partial charge is 0.495 e. The molecule has 0 aliphatic heterocycles. The Labute approximate surface area is 184 Å². The molecule has 1 unspecified atom stereocenters. The van der Waals surface area contributed by atoms with Crippen LogP contribution in [0.4, 0.5) is 11.4 Å². The van der Waals surface area contributed by atoms with E-state index in [1.165, 1.54) is 32.2 Å². The summed E-state index contributed by atoms with van der Waals surface area (Å²) in [6, 6.07) is 15.1. The number of methoxy groups -OCH3 is 1. The molecule has 9 nitrogen and oxygen atoms in total. The van der Waals surface area contributed by atoms with E-state index in [4.69, 9.17) is 9.47 Å². The number of non-ortho nitro benzene ring substituents is 1. The number of carbonyl (C=O) groups excluding carboxylic acids is 2. The number of nitrogens with one attached hydrogen (secondary N) is 1. The van der Waals surface area contributed by atoms with E-state index in [1.807, 2.05) is 41.8 Å². The number of benzene rings is 2. The van der Waals surface area contributed by atoms with Crippen LogP contribution in [0.5, 0.6) is 5.75 Å². The van der Waals surface area contributed by atoms with Crippen LogP contribution in [0.2, 0.25) is 0 Å². The smallest absolute Gasteiger partial charge is 0.340 e. The van der Waals surface area contributed by atoms with Gasteiger partial charge in [-0.2, -0.15) is 0 Å². The van der Waals surface area contributed by atoms with Crippen LogP contribution >= 0.6 is 0 Å². The first-order chi connectivity index (χ1) is 15.2. The van der Waals surface area contributed by atoms with Gasteiger partial charge in [0.15, 0.2) is 6.10 Å². The molecule has 3 rings (SSSR count). The maximum Gasteiger partial charge on any atom is 0.340 e. The minimum atomic E-state index is -1.15. The summed E-state index contributed by atoms with van der Waals surface area (Å²) < 4.78 is 12.4. The van der Waals surface area contributed by atoms with Gasteiger partial charge in [-0.1, -0.05) is 18.2 Å². The van der Waals surface area contributed by atoms with Crippen LogP contribution in [0.1, 0.15) is 28.7 Å². The SMILES string of the molecule is COc1ccc([N+](=O)[O-])cc1NC(=O)C(C)OC(=O)c1cc(C)n(-c2ccccc2)c1C. The van der Waals surface area contributed by atoms with Crippen LogP contribution in [0.25, 0.3) is 5.69 Å². The van der Waals surface area contributed by atoms with Gasteiger partial charge in [-0.05, 0) is 45.0 Å². The van der Waals surface area contributed by atoms with Crippen LogP contribution in [0, 0.1) is 24.0 Å². The maximum atomic E-state index is 12.8. The quantitative estimate of drug-likeness (QED) is 0.337. The summed E-state index contributed by atoms with van der Waals surface area (Å²) in [6.45, 7) is 5.10. The molecule has 1 N–H and O–H groups in total. The molecule has 0 aliphatic carbocycles. The van der Waals surface area contributed by atoms with E-state index in [2.05, 4.69) is 5.32 Å². The first-order valence-corrected chi connectivity index (χ1v) is 9.81. The Hall–Kier alpha value is -4.14. The molecule has 0 radical (unpaired) electrons. The molecule has 1 heterocycles. The van der Waals surface area contributed by atoms with Crippen LogP contribution in [-0.4, -0.2) is 34.6 Å². The number of esters is 1. The predicted octanol–water partition coefficient (Wildman–Crippen LogP) is 4.19. The van der Waals surface area contributed by atoms with Gasteiger partial charge < -0.3 is 19.4 Å². The topological polar surface area (TPSA) is 113 Å². The fourth-order valence-electron chi connectivity index (χ4n) is 3.36. The monoisotopic (exact) mass is 437 g/mol. The number of rotatable bonds is 7. The number of anilines is 1. The Balaban J connectivity index is 1.76. The molecule has 1 atom stereocenters. The Morgan fingerprint density at radius 1 is 1.09 bits per heavy atom. The van der Waals surface area contributed by atoms with Crippen molar-refractivity contribution in [3.8, 4) is 11.4 Å². The molecule has 0 saturated carbocycles. The van der Waals surface area contributed by atoms with Gasteiger partial charge in [0.2, 0.25) is 0 Å². The Kier molecular flexibility index (Phi) is 6.58. The molecule has 0 aliphatic rings. The second kappa shape index (κ2) is 9.34. The highest BCUT2D eigenvalue weighted by molar-refractivity contribution is 5.98. The van der Waals surface area contributed by atoms with Crippen molar-refractivity contribution in [3.63, 3.8) is 0 Å². The molecule has 9 heteroatoms. The van der Waals surface area contributed by atoms with Gasteiger partial charge in [0.05, 0.1) is 23.3 Å². The maximum absolute atomic E-state index is 12.8. The van der Waals surface area contributed by atoms with Crippen molar-refractivity contribution in [1.29, 1.82) is 0 Å². The number of nitrogens with zero attached hydrogens (tertiary/aromatic N) is 2. The minimum absolute atomic E-state index is 0.108. The van der Waals surface area contributed by atoms with Crippen molar-refractivity contribution in [2.24, 2.45) is 0 Å². The third-order valence-corrected chi connectivity index (χ3v) is 4.97. The van der Waals surface area contributed by atoms with Gasteiger partial charge in [0, 0.05) is 29.2 Å². The zero-order chi connectivity index (χ0) is 23.4. The van der Waals surface area contributed by atoms with Crippen molar-refractivity contribution >= 4 is 23.3 Å². The van der Waals surface area contributed by atoms with Crippen LogP contribution in [0.15, 0.2) is 54.6 Å². The number of hydrogen-bond acceptors (Lipinski definition) is 6. The number of nitro benzene ring substituents is 1. The van der Waals surface area contributed by atoms with Gasteiger partial charge in [-0.3, -0.25) is 14.9 Å². The molecule has 1 amide bonds. The minimum Gasteiger partial charge on any atom is -0.495 e. The fraction of sp³-hybridized carbons (Fsp3) is 0.217. The average Bonchev–Trinajstić information content (AvgIpc) is 3.08. The number of aromatic nitrogens is 1. The summed E-state index contributed by atoms with van der Waals surface area (Å²) in [4.78, 5) is 35.8. The Morgan fingerprint density at radius 3 is 2.41 bits per heavy atom. The summed E-state index contributed by atoms with van der Waals surface area (Å²) in [5.74, 6) is -1.04. The van der Waals surface area contributed by atoms with E-state index < -0.39 is 22.9 Å². The fourth-order valence-corrected chi connectivity index (χ4v) is 3.36. The average molecular weight is 437 g/mol. The van der Waals surface area contributed by atoms with E-state index in [9.17, 15) is 19.7 Å². The first kappa shape index (κ1) is 22.5. The van der Waals surface area contributed by atoms with E-state index in [1.54, 1.807) is 13.0 Å². The second-order valence-electron chi connectivity index (χ2n) is 7.13. The second-order valence-corrected chi connectivity index (χ2v) is 7.13. The number of para-hydroxylation sites is 1. The molecule has 2 aromatic carbocycles. The number of aryl methyl sites for hydroxylation is 1. The standard InChI is InChI=1S/C23H23N3O6/c1-14-12-19(15(2)25(14)17-8-6-5-7-9-17)23(28)32-16(3)22(27)24-20-13-18(26(29)30)10-11-21(20)31-4/h5-13,16H,1-4H3,(H,24,27). The van der Waals surface area contributed by atoms with Crippen LogP contribution < -0.4 is 10.1 Å². The van der Waals surface area contributed by atoms with Gasteiger partial charge in [0.1, 0.15) is 5.75 Å². The lowest BCUT2D eigenvalue weighted by molar-refractivity contribution is -0.384. The predicted molar refractivity (Wildman–Crippen MR) is 118 cm³/mol. The number of carbonyl (C=O) groups is 2. The van der Waals surface area contributed by atoms with E-state index in [0.29, 0.717) is 11.3 Å². The molecule has 3 aromatic rings. The molecule has 0 fully saturated rings. The molecule has 0 spiro atoms. The highest BCUT2D eigenvalue weighted by Crippen LogP contribution is 2.29. The Morgan fingerprint density at radius 2 is 1.78 bits per heavy atom. The molecule has 32 heavy (non-hydrogen) atoms. The molecule has 166 valence electrons. The molecular weight excluding hydrogens is 414 g/mol. The van der Waals surface area contributed by atoms with Crippen molar-refractivity contribution < 1.29 is 24.0 Å². The van der Waals surface area contributed by atoms with E-state index in [0.717, 1.165) is 11.4 Å². The third-order valence-electron chi connectivity index (χ3n) is 4.97. The molecular formula is C23H23N3O6. The van der Waals surface area contributed by atoms with Crippen molar-refractivity contribution in [1.82, 2.24) is 4.57 Å². The van der Waals surface area contributed by atoms with Crippen LogP contribution in [-0.2, 0) is 9.53 Å². The Bertz CT molecular complexity index is 1170. The summed E-state index contributed by atoms with van der Waals surface area (Å²) in [5, 5.41) is 13.5. The van der Waals surface area contributed by atoms with Crippen LogP contribution in [0.3, 0.4) is 0 Å². The summed E-state index contributed by atoms with van der Waals surface area (Å²) in [7, 11) is 1.38. The zero-order valence-electron chi connectivity index (χ0n) is 18.1.